The van der Waals surface area contributed by atoms with Gasteiger partial charge in [0.05, 0.1) is 31.1 Å². The van der Waals surface area contributed by atoms with Crippen molar-refractivity contribution in [1.82, 2.24) is 9.97 Å². The van der Waals surface area contributed by atoms with Gasteiger partial charge < -0.3 is 5.32 Å². The summed E-state index contributed by atoms with van der Waals surface area (Å²) in [6.45, 7) is 0. The summed E-state index contributed by atoms with van der Waals surface area (Å²) in [5.41, 5.74) is 1.50. The number of rotatable bonds is 3. The van der Waals surface area contributed by atoms with E-state index in [1.165, 1.54) is 11.3 Å². The quantitative estimate of drug-likeness (QED) is 0.395. The van der Waals surface area contributed by atoms with Crippen molar-refractivity contribution in [2.45, 2.75) is 0 Å². The lowest BCUT2D eigenvalue weighted by atomic mass is 10.2. The number of aromatic nitrogens is 2. The maximum Gasteiger partial charge on any atom is 0.173 e. The summed E-state index contributed by atoms with van der Waals surface area (Å²) < 4.78 is 0. The molecule has 2 aromatic carbocycles. The first kappa shape index (κ1) is 16.6. The van der Waals surface area contributed by atoms with Gasteiger partial charge in [-0.15, -0.1) is 11.3 Å². The third-order valence-corrected chi connectivity index (χ3v) is 5.78. The maximum atomic E-state index is 6.30. The average Bonchev–Trinajstić information content (AvgIpc) is 3.05. The molecule has 1 N–H and O–H groups in total. The van der Waals surface area contributed by atoms with E-state index in [9.17, 15) is 0 Å². The molecular formula is C18H10Cl3N3S. The molecule has 25 heavy (non-hydrogen) atoms. The molecule has 2 heterocycles. The molecular weight excluding hydrogens is 397 g/mol. The van der Waals surface area contributed by atoms with Gasteiger partial charge in [0.1, 0.15) is 5.82 Å². The standard InChI is InChI=1S/C18H10Cl3N3S/c19-11-5-3-7-14(15(11)21)23-17-10-4-1-2-6-13(10)22-18(24-17)16-12(20)8-9-25-16/h1-9H,(H,22,23,24). The number of thiophene rings is 1. The Hall–Kier alpha value is -1.85. The Labute approximate surface area is 163 Å². The van der Waals surface area contributed by atoms with Crippen LogP contribution >= 0.6 is 46.1 Å². The molecule has 0 aliphatic carbocycles. The Morgan fingerprint density at radius 2 is 1.68 bits per heavy atom. The summed E-state index contributed by atoms with van der Waals surface area (Å²) in [6.07, 6.45) is 0. The maximum absolute atomic E-state index is 6.30. The third kappa shape index (κ3) is 3.18. The lowest BCUT2D eigenvalue weighted by Crippen LogP contribution is -1.99. The van der Waals surface area contributed by atoms with E-state index in [1.54, 1.807) is 6.07 Å². The number of hydrogen-bond acceptors (Lipinski definition) is 4. The molecule has 0 atom stereocenters. The fourth-order valence-electron chi connectivity index (χ4n) is 2.45. The minimum atomic E-state index is 0.447. The Morgan fingerprint density at radius 1 is 0.840 bits per heavy atom. The van der Waals surface area contributed by atoms with Crippen molar-refractivity contribution in [3.63, 3.8) is 0 Å². The molecule has 4 rings (SSSR count). The van der Waals surface area contributed by atoms with Gasteiger partial charge in [0.25, 0.3) is 0 Å². The zero-order valence-electron chi connectivity index (χ0n) is 12.6. The van der Waals surface area contributed by atoms with Gasteiger partial charge in [0.15, 0.2) is 5.82 Å². The summed E-state index contributed by atoms with van der Waals surface area (Å²) in [5.74, 6) is 1.22. The second-order valence-electron chi connectivity index (χ2n) is 5.24. The second-order valence-corrected chi connectivity index (χ2v) is 7.35. The van der Waals surface area contributed by atoms with Crippen LogP contribution in [0.5, 0.6) is 0 Å². The molecule has 0 unspecified atom stereocenters. The lowest BCUT2D eigenvalue weighted by Gasteiger charge is -2.12. The first-order chi connectivity index (χ1) is 12.1. The summed E-state index contributed by atoms with van der Waals surface area (Å²) in [4.78, 5) is 10.1. The number of fused-ring (bicyclic) bond motifs is 1. The predicted octanol–water partition coefficient (Wildman–Crippen LogP) is 7.06. The molecule has 3 nitrogen and oxygen atoms in total. The number of benzene rings is 2. The number of para-hydroxylation sites is 1. The van der Waals surface area contributed by atoms with Gasteiger partial charge in [0, 0.05) is 5.39 Å². The minimum Gasteiger partial charge on any atom is -0.338 e. The number of halogens is 3. The smallest absolute Gasteiger partial charge is 0.173 e. The van der Waals surface area contributed by atoms with E-state index in [-0.39, 0.29) is 0 Å². The van der Waals surface area contributed by atoms with Crippen molar-refractivity contribution in [2.75, 3.05) is 5.32 Å². The first-order valence-corrected chi connectivity index (χ1v) is 9.36. The molecule has 2 aromatic heterocycles. The van der Waals surface area contributed by atoms with Crippen molar-refractivity contribution in [3.8, 4) is 10.7 Å². The SMILES string of the molecule is Clc1ccsc1-c1nc(Nc2cccc(Cl)c2Cl)c2ccccc2n1. The Bertz CT molecular complexity index is 1080. The molecule has 0 amide bonds. The Kier molecular flexibility index (Phi) is 4.52. The molecule has 0 aliphatic rings. The molecule has 0 fully saturated rings. The highest BCUT2D eigenvalue weighted by Crippen LogP contribution is 2.36. The van der Waals surface area contributed by atoms with Crippen LogP contribution in [0.2, 0.25) is 15.1 Å². The number of nitrogens with zero attached hydrogens (tertiary/aromatic N) is 2. The average molecular weight is 407 g/mol. The minimum absolute atomic E-state index is 0.447. The highest BCUT2D eigenvalue weighted by molar-refractivity contribution is 7.14. The predicted molar refractivity (Wildman–Crippen MR) is 108 cm³/mol. The van der Waals surface area contributed by atoms with E-state index >= 15 is 0 Å². The number of anilines is 2. The van der Waals surface area contributed by atoms with E-state index in [4.69, 9.17) is 34.8 Å². The van der Waals surface area contributed by atoms with Gasteiger partial charge in [-0.2, -0.15) is 0 Å². The number of nitrogens with one attached hydrogen (secondary N) is 1. The Morgan fingerprint density at radius 3 is 2.48 bits per heavy atom. The molecule has 0 bridgehead atoms. The van der Waals surface area contributed by atoms with Crippen LogP contribution < -0.4 is 5.32 Å². The summed E-state index contributed by atoms with van der Waals surface area (Å²) >= 11 is 20.2. The first-order valence-electron chi connectivity index (χ1n) is 7.34. The lowest BCUT2D eigenvalue weighted by molar-refractivity contribution is 1.23. The van der Waals surface area contributed by atoms with Gasteiger partial charge in [-0.25, -0.2) is 9.97 Å². The van der Waals surface area contributed by atoms with Crippen LogP contribution in [0.15, 0.2) is 53.9 Å². The van der Waals surface area contributed by atoms with Crippen molar-refractivity contribution in [2.24, 2.45) is 0 Å². The van der Waals surface area contributed by atoms with Gasteiger partial charge in [-0.3, -0.25) is 0 Å². The van der Waals surface area contributed by atoms with Gasteiger partial charge >= 0.3 is 0 Å². The van der Waals surface area contributed by atoms with Gasteiger partial charge in [-0.1, -0.05) is 53.0 Å². The van der Waals surface area contributed by atoms with Crippen LogP contribution in [0.25, 0.3) is 21.6 Å². The van der Waals surface area contributed by atoms with E-state index in [0.717, 1.165) is 15.8 Å². The fourth-order valence-corrected chi connectivity index (χ4v) is 3.88. The monoisotopic (exact) mass is 405 g/mol. The zero-order valence-corrected chi connectivity index (χ0v) is 15.7. The fraction of sp³-hybridized carbons (Fsp3) is 0. The van der Waals surface area contributed by atoms with E-state index in [1.807, 2.05) is 47.8 Å². The Balaban J connectivity index is 1.90. The molecule has 0 radical (unpaired) electrons. The molecule has 0 saturated carbocycles. The molecule has 124 valence electrons. The highest BCUT2D eigenvalue weighted by Gasteiger charge is 2.14. The van der Waals surface area contributed by atoms with Gasteiger partial charge in [0.2, 0.25) is 0 Å². The summed E-state index contributed by atoms with van der Waals surface area (Å²) in [7, 11) is 0. The largest absolute Gasteiger partial charge is 0.338 e. The normalized spacial score (nSPS) is 11.0. The van der Waals surface area contributed by atoms with Crippen molar-refractivity contribution in [3.05, 3.63) is 69.0 Å². The summed E-state index contributed by atoms with van der Waals surface area (Å²) in [5, 5.41) is 7.63. The van der Waals surface area contributed by atoms with E-state index < -0.39 is 0 Å². The highest BCUT2D eigenvalue weighted by atomic mass is 35.5. The molecule has 0 aliphatic heterocycles. The van der Waals surface area contributed by atoms with E-state index in [0.29, 0.717) is 32.4 Å². The molecule has 0 saturated heterocycles. The number of hydrogen-bond donors (Lipinski definition) is 1. The van der Waals surface area contributed by atoms with Crippen LogP contribution in [-0.4, -0.2) is 9.97 Å². The molecule has 0 spiro atoms. The van der Waals surface area contributed by atoms with Crippen LogP contribution in [0.1, 0.15) is 0 Å². The van der Waals surface area contributed by atoms with Crippen molar-refractivity contribution >= 4 is 68.5 Å². The van der Waals surface area contributed by atoms with Crippen LogP contribution in [0, 0.1) is 0 Å². The topological polar surface area (TPSA) is 37.8 Å². The van der Waals surface area contributed by atoms with E-state index in [2.05, 4.69) is 15.3 Å². The van der Waals surface area contributed by atoms with Crippen molar-refractivity contribution in [1.29, 1.82) is 0 Å². The van der Waals surface area contributed by atoms with Crippen molar-refractivity contribution < 1.29 is 0 Å². The second kappa shape index (κ2) is 6.81. The molecule has 4 aromatic rings. The van der Waals surface area contributed by atoms with Gasteiger partial charge in [-0.05, 0) is 35.7 Å². The van der Waals surface area contributed by atoms with Crippen LogP contribution in [0.3, 0.4) is 0 Å². The third-order valence-electron chi connectivity index (χ3n) is 3.63. The summed E-state index contributed by atoms with van der Waals surface area (Å²) in [6, 6.07) is 15.0. The zero-order chi connectivity index (χ0) is 17.4. The molecule has 7 heteroatoms. The van der Waals surface area contributed by atoms with Crippen LogP contribution in [0.4, 0.5) is 11.5 Å². The van der Waals surface area contributed by atoms with Crippen LogP contribution in [-0.2, 0) is 0 Å².